The summed E-state index contributed by atoms with van der Waals surface area (Å²) in [5.41, 5.74) is 1.31. The number of esters is 2. The van der Waals surface area contributed by atoms with Crippen LogP contribution in [-0.2, 0) is 23.8 Å². The quantitative estimate of drug-likeness (QED) is 0.288. The third kappa shape index (κ3) is 6.19. The number of ether oxygens (including phenoxy) is 3. The molecule has 0 aromatic carbocycles. The minimum Gasteiger partial charge on any atom is -0.459 e. The van der Waals surface area contributed by atoms with E-state index in [9.17, 15) is 14.7 Å². The Bertz CT molecular complexity index is 722. The minimum atomic E-state index is -0.813. The molecule has 6 nitrogen and oxygen atoms in total. The van der Waals surface area contributed by atoms with Gasteiger partial charge >= 0.3 is 11.9 Å². The molecule has 1 N–H and O–H groups in total. The number of carbonyl (C=O) groups excluding carboxylic acids is 2. The van der Waals surface area contributed by atoms with Gasteiger partial charge in [-0.2, -0.15) is 0 Å². The van der Waals surface area contributed by atoms with Crippen LogP contribution in [0.1, 0.15) is 74.7 Å². The number of aliphatic hydroxyl groups excluding tert-OH is 1. The molecule has 176 valence electrons. The molecular weight excluding hydrogens is 396 g/mol. The van der Waals surface area contributed by atoms with Crippen LogP contribution in [0.25, 0.3) is 0 Å². The van der Waals surface area contributed by atoms with E-state index in [1.165, 1.54) is 0 Å². The van der Waals surface area contributed by atoms with Gasteiger partial charge in [0.25, 0.3) is 0 Å². The monoisotopic (exact) mass is 436 g/mol. The summed E-state index contributed by atoms with van der Waals surface area (Å²) in [6.45, 7) is 15.0. The third-order valence-electron chi connectivity index (χ3n) is 6.84. The van der Waals surface area contributed by atoms with Crippen molar-refractivity contribution in [2.75, 3.05) is 0 Å². The Kier molecular flexibility index (Phi) is 8.51. The fraction of sp³-hybridized carbons (Fsp3) is 0.760. The van der Waals surface area contributed by atoms with Gasteiger partial charge in [0.05, 0.1) is 17.6 Å². The molecule has 6 heteroatoms. The van der Waals surface area contributed by atoms with Gasteiger partial charge in [0, 0.05) is 17.9 Å². The maximum Gasteiger partial charge on any atom is 0.333 e. The zero-order valence-electron chi connectivity index (χ0n) is 20.3. The molecular formula is C25H40O6. The average Bonchev–Trinajstić information content (AvgIpc) is 3.35. The molecule has 7 atom stereocenters. The molecule has 1 saturated heterocycles. The zero-order chi connectivity index (χ0) is 23.5. The molecule has 1 aliphatic carbocycles. The topological polar surface area (TPSA) is 85.4 Å². The van der Waals surface area contributed by atoms with Crippen molar-refractivity contribution in [2.45, 2.75) is 105 Å². The first-order chi connectivity index (χ1) is 14.4. The number of aliphatic hydroxyl groups is 1. The van der Waals surface area contributed by atoms with Crippen LogP contribution in [0, 0.1) is 17.8 Å². The van der Waals surface area contributed by atoms with Crippen molar-refractivity contribution in [3.8, 4) is 0 Å². The molecule has 1 fully saturated rings. The summed E-state index contributed by atoms with van der Waals surface area (Å²) in [5.74, 6) is -1.63. The van der Waals surface area contributed by atoms with Gasteiger partial charge in [-0.25, -0.2) is 4.79 Å². The predicted octanol–water partition coefficient (Wildman–Crippen LogP) is 4.35. The average molecular weight is 437 g/mol. The summed E-state index contributed by atoms with van der Waals surface area (Å²) < 4.78 is 18.1. The Hall–Kier alpha value is -1.66. The molecule has 31 heavy (non-hydrogen) atoms. The Balaban J connectivity index is 2.45. The second kappa shape index (κ2) is 10.3. The molecule has 0 amide bonds. The normalized spacial score (nSPS) is 35.3. The van der Waals surface area contributed by atoms with E-state index >= 15 is 0 Å². The van der Waals surface area contributed by atoms with Crippen LogP contribution in [-0.4, -0.2) is 47.1 Å². The van der Waals surface area contributed by atoms with Gasteiger partial charge in [-0.15, -0.1) is 0 Å². The minimum absolute atomic E-state index is 0.0732. The van der Waals surface area contributed by atoms with Crippen molar-refractivity contribution in [3.05, 3.63) is 23.3 Å². The summed E-state index contributed by atoms with van der Waals surface area (Å²) in [6.07, 6.45) is 4.10. The Morgan fingerprint density at radius 2 is 1.90 bits per heavy atom. The van der Waals surface area contributed by atoms with Crippen molar-refractivity contribution in [1.82, 2.24) is 0 Å². The fourth-order valence-corrected chi connectivity index (χ4v) is 4.28. The summed E-state index contributed by atoms with van der Waals surface area (Å²) in [5, 5.41) is 9.88. The van der Waals surface area contributed by atoms with E-state index in [1.807, 2.05) is 13.8 Å². The van der Waals surface area contributed by atoms with E-state index in [1.54, 1.807) is 33.8 Å². The van der Waals surface area contributed by atoms with Crippen LogP contribution in [0.5, 0.6) is 0 Å². The van der Waals surface area contributed by atoms with Crippen LogP contribution in [0.3, 0.4) is 0 Å². The number of hydrogen-bond donors (Lipinski definition) is 1. The number of allylic oxidation sites excluding steroid dienone is 2. The van der Waals surface area contributed by atoms with Crippen LogP contribution in [0.2, 0.25) is 0 Å². The Morgan fingerprint density at radius 3 is 2.45 bits per heavy atom. The van der Waals surface area contributed by atoms with Crippen LogP contribution < -0.4 is 0 Å². The SMILES string of the molecule is C/C=C(\C)C(=O)O[C@@H]1C/C(C)=C/CC[C@@]2(C)O[C@H]2C(OC(=O)C(C)C(C)O)[C@H]1C(C)C. The summed E-state index contributed by atoms with van der Waals surface area (Å²) in [7, 11) is 0. The summed E-state index contributed by atoms with van der Waals surface area (Å²) >= 11 is 0. The van der Waals surface area contributed by atoms with E-state index in [2.05, 4.69) is 19.9 Å². The lowest BCUT2D eigenvalue weighted by molar-refractivity contribution is -0.169. The molecule has 2 aliphatic rings. The van der Waals surface area contributed by atoms with E-state index < -0.39 is 30.2 Å². The summed E-state index contributed by atoms with van der Waals surface area (Å²) in [6, 6.07) is 0. The van der Waals surface area contributed by atoms with Gasteiger partial charge in [-0.1, -0.05) is 31.6 Å². The molecule has 3 unspecified atom stereocenters. The molecule has 0 aromatic heterocycles. The van der Waals surface area contributed by atoms with Crippen LogP contribution in [0.15, 0.2) is 23.3 Å². The van der Waals surface area contributed by atoms with E-state index in [4.69, 9.17) is 14.2 Å². The largest absolute Gasteiger partial charge is 0.459 e. The van der Waals surface area contributed by atoms with Crippen molar-refractivity contribution < 1.29 is 28.9 Å². The van der Waals surface area contributed by atoms with Gasteiger partial charge in [-0.3, -0.25) is 4.79 Å². The Labute approximate surface area is 187 Å². The first-order valence-electron chi connectivity index (χ1n) is 11.5. The molecule has 0 radical (unpaired) electrons. The van der Waals surface area contributed by atoms with E-state index in [0.717, 1.165) is 18.4 Å². The van der Waals surface area contributed by atoms with Gasteiger partial charge in [-0.05, 0) is 60.3 Å². The van der Waals surface area contributed by atoms with Gasteiger partial charge in [0.1, 0.15) is 18.3 Å². The van der Waals surface area contributed by atoms with Crippen LogP contribution >= 0.6 is 0 Å². The zero-order valence-corrected chi connectivity index (χ0v) is 20.3. The highest BCUT2D eigenvalue weighted by Crippen LogP contribution is 2.48. The van der Waals surface area contributed by atoms with Crippen molar-refractivity contribution in [3.63, 3.8) is 0 Å². The lowest BCUT2D eigenvalue weighted by Crippen LogP contribution is -2.46. The summed E-state index contributed by atoms with van der Waals surface area (Å²) in [4.78, 5) is 25.5. The maximum absolute atomic E-state index is 12.8. The molecule has 2 rings (SSSR count). The number of hydrogen-bond acceptors (Lipinski definition) is 6. The Morgan fingerprint density at radius 1 is 1.26 bits per heavy atom. The van der Waals surface area contributed by atoms with Gasteiger partial charge < -0.3 is 19.3 Å². The predicted molar refractivity (Wildman–Crippen MR) is 119 cm³/mol. The lowest BCUT2D eigenvalue weighted by Gasteiger charge is -2.36. The molecule has 0 saturated carbocycles. The number of epoxide rings is 1. The first-order valence-corrected chi connectivity index (χ1v) is 11.5. The van der Waals surface area contributed by atoms with Crippen molar-refractivity contribution in [2.24, 2.45) is 17.8 Å². The number of fused-ring (bicyclic) bond motifs is 1. The molecule has 0 bridgehead atoms. The van der Waals surface area contributed by atoms with Crippen molar-refractivity contribution >= 4 is 11.9 Å². The second-order valence-corrected chi connectivity index (χ2v) is 9.81. The smallest absolute Gasteiger partial charge is 0.333 e. The molecule has 0 aromatic rings. The number of carbonyl (C=O) groups is 2. The van der Waals surface area contributed by atoms with Gasteiger partial charge in [0.2, 0.25) is 0 Å². The van der Waals surface area contributed by atoms with Crippen LogP contribution in [0.4, 0.5) is 0 Å². The second-order valence-electron chi connectivity index (χ2n) is 9.81. The fourth-order valence-electron chi connectivity index (χ4n) is 4.28. The standard InChI is InChI=1S/C25H40O6/c1-9-16(5)23(27)29-19-13-15(4)11-10-12-25(8)22(31-25)21(20(19)14(2)3)30-24(28)17(6)18(7)26/h9,11,14,17-22,26H,10,12-13H2,1-8H3/b15-11+,16-9+/t17?,18?,19-,20+,21?,22+,25-/m1/s1. The van der Waals surface area contributed by atoms with E-state index in [-0.39, 0.29) is 29.5 Å². The number of rotatable bonds is 6. The lowest BCUT2D eigenvalue weighted by atomic mass is 9.78. The molecule has 1 aliphatic heterocycles. The molecule has 1 heterocycles. The highest BCUT2D eigenvalue weighted by molar-refractivity contribution is 5.87. The molecule has 0 spiro atoms. The van der Waals surface area contributed by atoms with E-state index in [0.29, 0.717) is 12.0 Å². The van der Waals surface area contributed by atoms with Crippen molar-refractivity contribution in [1.29, 1.82) is 0 Å². The maximum atomic E-state index is 12.8. The highest BCUT2D eigenvalue weighted by Gasteiger charge is 2.60. The third-order valence-corrected chi connectivity index (χ3v) is 6.84. The first kappa shape index (κ1) is 25.6. The van der Waals surface area contributed by atoms with Gasteiger partial charge in [0.15, 0.2) is 0 Å². The highest BCUT2D eigenvalue weighted by atomic mass is 16.6.